The minimum absolute atomic E-state index is 0.137. The molecule has 0 amide bonds. The van der Waals surface area contributed by atoms with Crippen LogP contribution in [0.5, 0.6) is 0 Å². The van der Waals surface area contributed by atoms with Gasteiger partial charge in [0.25, 0.3) is 0 Å². The van der Waals surface area contributed by atoms with Gasteiger partial charge in [-0.05, 0) is 19.1 Å². The first-order valence-electron chi connectivity index (χ1n) is 6.48. The summed E-state index contributed by atoms with van der Waals surface area (Å²) in [6, 6.07) is 12.0. The van der Waals surface area contributed by atoms with Crippen molar-refractivity contribution in [3.8, 4) is 11.3 Å². The van der Waals surface area contributed by atoms with E-state index in [-0.39, 0.29) is 5.75 Å². The van der Waals surface area contributed by atoms with Crippen LogP contribution in [0.3, 0.4) is 0 Å². The Morgan fingerprint density at radius 2 is 1.80 bits per heavy atom. The predicted octanol–water partition coefficient (Wildman–Crippen LogP) is 2.39. The molecule has 0 unspecified atom stereocenters. The van der Waals surface area contributed by atoms with E-state index in [4.69, 9.17) is 4.42 Å². The number of aryl methyl sites for hydroxylation is 1. The van der Waals surface area contributed by atoms with E-state index in [2.05, 4.69) is 5.32 Å². The predicted molar refractivity (Wildman–Crippen MR) is 80.3 cm³/mol. The topological polar surface area (TPSA) is 59.3 Å². The Morgan fingerprint density at radius 1 is 1.10 bits per heavy atom. The van der Waals surface area contributed by atoms with Crippen LogP contribution in [0.15, 0.2) is 40.8 Å². The Kier molecular flexibility index (Phi) is 4.62. The van der Waals surface area contributed by atoms with E-state index in [9.17, 15) is 8.42 Å². The SMILES string of the molecule is Cc1ccc(-c2ccc(CNCCS(C)(=O)=O)o2)cc1. The van der Waals surface area contributed by atoms with Crippen LogP contribution in [0.2, 0.25) is 0 Å². The van der Waals surface area contributed by atoms with Crippen molar-refractivity contribution in [2.24, 2.45) is 0 Å². The van der Waals surface area contributed by atoms with Crippen LogP contribution in [-0.2, 0) is 16.4 Å². The van der Waals surface area contributed by atoms with Crippen molar-refractivity contribution in [2.75, 3.05) is 18.6 Å². The number of benzene rings is 1. The Morgan fingerprint density at radius 3 is 2.45 bits per heavy atom. The van der Waals surface area contributed by atoms with E-state index >= 15 is 0 Å². The second-order valence-electron chi connectivity index (χ2n) is 4.94. The number of sulfone groups is 1. The van der Waals surface area contributed by atoms with Crippen LogP contribution >= 0.6 is 0 Å². The van der Waals surface area contributed by atoms with Crippen LogP contribution in [0, 0.1) is 6.92 Å². The van der Waals surface area contributed by atoms with Gasteiger partial charge in [0.2, 0.25) is 0 Å². The van der Waals surface area contributed by atoms with Gasteiger partial charge < -0.3 is 9.73 Å². The molecule has 0 spiro atoms. The molecule has 0 saturated carbocycles. The van der Waals surface area contributed by atoms with Crippen molar-refractivity contribution in [3.05, 3.63) is 47.7 Å². The van der Waals surface area contributed by atoms with Crippen LogP contribution < -0.4 is 5.32 Å². The molecule has 0 fully saturated rings. The summed E-state index contributed by atoms with van der Waals surface area (Å²) in [5, 5.41) is 3.06. The third kappa shape index (κ3) is 4.51. The number of furan rings is 1. The second-order valence-corrected chi connectivity index (χ2v) is 7.20. The summed E-state index contributed by atoms with van der Waals surface area (Å²) < 4.78 is 27.7. The Bertz CT molecular complexity index is 657. The zero-order valence-electron chi connectivity index (χ0n) is 11.7. The molecule has 1 aromatic heterocycles. The standard InChI is InChI=1S/C15H19NO3S/c1-12-3-5-13(6-4-12)15-8-7-14(19-15)11-16-9-10-20(2,17)18/h3-8,16H,9-11H2,1-2H3. The quantitative estimate of drug-likeness (QED) is 0.831. The van der Waals surface area contributed by atoms with Crippen LogP contribution in [-0.4, -0.2) is 27.0 Å². The molecular weight excluding hydrogens is 274 g/mol. The summed E-state index contributed by atoms with van der Waals surface area (Å²) in [4.78, 5) is 0. The summed E-state index contributed by atoms with van der Waals surface area (Å²) in [5.41, 5.74) is 2.25. The van der Waals surface area contributed by atoms with Gasteiger partial charge in [0.15, 0.2) is 0 Å². The number of rotatable bonds is 6. The average Bonchev–Trinajstić information content (AvgIpc) is 2.83. The third-order valence-electron chi connectivity index (χ3n) is 2.95. The lowest BCUT2D eigenvalue weighted by Gasteiger charge is -2.01. The molecule has 1 N–H and O–H groups in total. The molecule has 5 heteroatoms. The van der Waals surface area contributed by atoms with Crippen molar-refractivity contribution in [1.82, 2.24) is 5.32 Å². The lowest BCUT2D eigenvalue weighted by molar-refractivity contribution is 0.498. The van der Waals surface area contributed by atoms with Crippen molar-refractivity contribution in [1.29, 1.82) is 0 Å². The van der Waals surface area contributed by atoms with Gasteiger partial charge in [0.05, 0.1) is 12.3 Å². The van der Waals surface area contributed by atoms with Crippen LogP contribution in [0.4, 0.5) is 0 Å². The maximum absolute atomic E-state index is 11.0. The molecule has 108 valence electrons. The fourth-order valence-corrected chi connectivity index (χ4v) is 2.33. The Labute approximate surface area is 119 Å². The number of nitrogens with one attached hydrogen (secondary N) is 1. The van der Waals surface area contributed by atoms with Crippen molar-refractivity contribution in [2.45, 2.75) is 13.5 Å². The second kappa shape index (κ2) is 6.24. The van der Waals surface area contributed by atoms with Gasteiger partial charge >= 0.3 is 0 Å². The van der Waals surface area contributed by atoms with Gasteiger partial charge in [-0.25, -0.2) is 8.42 Å². The highest BCUT2D eigenvalue weighted by atomic mass is 32.2. The largest absolute Gasteiger partial charge is 0.460 e. The lowest BCUT2D eigenvalue weighted by atomic mass is 10.1. The van der Waals surface area contributed by atoms with Crippen LogP contribution in [0.25, 0.3) is 11.3 Å². The summed E-state index contributed by atoms with van der Waals surface area (Å²) in [6.07, 6.45) is 1.23. The highest BCUT2D eigenvalue weighted by Crippen LogP contribution is 2.22. The molecule has 2 aromatic rings. The molecular formula is C15H19NO3S. The van der Waals surface area contributed by atoms with E-state index < -0.39 is 9.84 Å². The van der Waals surface area contributed by atoms with E-state index in [1.807, 2.05) is 43.3 Å². The molecule has 0 atom stereocenters. The van der Waals surface area contributed by atoms with Gasteiger partial charge in [-0.2, -0.15) is 0 Å². The highest BCUT2D eigenvalue weighted by Gasteiger charge is 2.05. The van der Waals surface area contributed by atoms with E-state index in [1.165, 1.54) is 11.8 Å². The molecule has 0 saturated heterocycles. The summed E-state index contributed by atoms with van der Waals surface area (Å²) in [5.74, 6) is 1.76. The van der Waals surface area contributed by atoms with Gasteiger partial charge in [0, 0.05) is 18.4 Å². The van der Waals surface area contributed by atoms with Crippen molar-refractivity contribution >= 4 is 9.84 Å². The maximum Gasteiger partial charge on any atom is 0.148 e. The van der Waals surface area contributed by atoms with E-state index in [0.717, 1.165) is 17.1 Å². The minimum Gasteiger partial charge on any atom is -0.460 e. The smallest absolute Gasteiger partial charge is 0.148 e. The number of hydrogen-bond acceptors (Lipinski definition) is 4. The average molecular weight is 293 g/mol. The molecule has 1 aromatic carbocycles. The maximum atomic E-state index is 11.0. The monoisotopic (exact) mass is 293 g/mol. The highest BCUT2D eigenvalue weighted by molar-refractivity contribution is 7.90. The third-order valence-corrected chi connectivity index (χ3v) is 3.89. The molecule has 1 heterocycles. The minimum atomic E-state index is -2.91. The first-order valence-corrected chi connectivity index (χ1v) is 8.54. The van der Waals surface area contributed by atoms with Crippen molar-refractivity contribution in [3.63, 3.8) is 0 Å². The van der Waals surface area contributed by atoms with Crippen LogP contribution in [0.1, 0.15) is 11.3 Å². The molecule has 0 aliphatic carbocycles. The summed E-state index contributed by atoms with van der Waals surface area (Å²) >= 11 is 0. The first kappa shape index (κ1) is 14.8. The van der Waals surface area contributed by atoms with Gasteiger partial charge in [-0.15, -0.1) is 0 Å². The Balaban J connectivity index is 1.91. The fraction of sp³-hybridized carbons (Fsp3) is 0.333. The molecule has 4 nitrogen and oxygen atoms in total. The first-order chi connectivity index (χ1) is 9.44. The number of hydrogen-bond donors (Lipinski definition) is 1. The summed E-state index contributed by atoms with van der Waals surface area (Å²) in [7, 11) is -2.91. The molecule has 20 heavy (non-hydrogen) atoms. The fourth-order valence-electron chi connectivity index (χ4n) is 1.82. The van der Waals surface area contributed by atoms with Gasteiger partial charge in [-0.3, -0.25) is 0 Å². The molecule has 0 aliphatic heterocycles. The van der Waals surface area contributed by atoms with Gasteiger partial charge in [-0.1, -0.05) is 29.8 Å². The molecule has 0 radical (unpaired) electrons. The Hall–Kier alpha value is -1.59. The molecule has 0 aliphatic rings. The lowest BCUT2D eigenvalue weighted by Crippen LogP contribution is -2.21. The molecule has 0 bridgehead atoms. The van der Waals surface area contributed by atoms with Gasteiger partial charge in [0.1, 0.15) is 21.4 Å². The zero-order valence-corrected chi connectivity index (χ0v) is 12.5. The normalized spacial score (nSPS) is 11.7. The van der Waals surface area contributed by atoms with E-state index in [1.54, 1.807) is 0 Å². The zero-order chi connectivity index (χ0) is 14.6. The molecule has 2 rings (SSSR count). The van der Waals surface area contributed by atoms with Crippen molar-refractivity contribution < 1.29 is 12.8 Å². The van der Waals surface area contributed by atoms with E-state index in [0.29, 0.717) is 13.1 Å². The summed E-state index contributed by atoms with van der Waals surface area (Å²) in [6.45, 7) is 3.00.